The van der Waals surface area contributed by atoms with Crippen molar-refractivity contribution in [3.8, 4) is 11.5 Å². The number of rotatable bonds is 10. The molecule has 0 amide bonds. The third-order valence-electron chi connectivity index (χ3n) is 4.52. The minimum atomic E-state index is -0.678. The zero-order valence-electron chi connectivity index (χ0n) is 15.3. The zero-order valence-corrected chi connectivity index (χ0v) is 15.3. The van der Waals surface area contributed by atoms with E-state index in [1.165, 1.54) is 12.1 Å². The number of non-ortho nitro benzene ring substituents is 1. The number of hydrogen-bond acceptors (Lipinski definition) is 6. The Morgan fingerprint density at radius 1 is 1.22 bits per heavy atom. The van der Waals surface area contributed by atoms with Gasteiger partial charge >= 0.3 is 0 Å². The number of nitro groups is 1. The number of aliphatic hydroxyl groups is 1. The fourth-order valence-corrected chi connectivity index (χ4v) is 2.95. The molecule has 3 rings (SSSR count). The Kier molecular flexibility index (Phi) is 6.26. The second-order valence-electron chi connectivity index (χ2n) is 6.73. The molecule has 0 aliphatic heterocycles. The lowest BCUT2D eigenvalue weighted by molar-refractivity contribution is -0.384. The molecule has 0 saturated heterocycles. The summed E-state index contributed by atoms with van der Waals surface area (Å²) in [5.74, 6) is 1.21. The number of methoxy groups -OCH3 is 1. The molecule has 1 aliphatic rings. The third-order valence-corrected chi connectivity index (χ3v) is 4.52. The Hall–Kier alpha value is -2.64. The fourth-order valence-electron chi connectivity index (χ4n) is 2.95. The molecule has 7 nitrogen and oxygen atoms in total. The van der Waals surface area contributed by atoms with E-state index in [9.17, 15) is 15.2 Å². The van der Waals surface area contributed by atoms with Gasteiger partial charge in [-0.3, -0.25) is 15.0 Å². The number of hydrogen-bond donors (Lipinski definition) is 1. The highest BCUT2D eigenvalue weighted by molar-refractivity contribution is 5.37. The van der Waals surface area contributed by atoms with Crippen LogP contribution in [-0.4, -0.2) is 47.3 Å². The minimum Gasteiger partial charge on any atom is -0.497 e. The standard InChI is InChI=1S/C20H24N2O5/c1-26-19-9-5-15(6-10-19)12-21(16-7-8-16)13-18(23)14-27-20-4-2-3-17(11-20)22(24)25/h2-6,9-11,16,18,23H,7-8,12-14H2,1H3. The van der Waals surface area contributed by atoms with Gasteiger partial charge in [-0.1, -0.05) is 18.2 Å². The Bertz CT molecular complexity index is 761. The molecule has 1 saturated carbocycles. The fraction of sp³-hybridized carbons (Fsp3) is 0.400. The van der Waals surface area contributed by atoms with Crippen molar-refractivity contribution < 1.29 is 19.5 Å². The van der Waals surface area contributed by atoms with Crippen LogP contribution >= 0.6 is 0 Å². The molecular weight excluding hydrogens is 348 g/mol. The Morgan fingerprint density at radius 2 is 1.96 bits per heavy atom. The van der Waals surface area contributed by atoms with Gasteiger partial charge in [0, 0.05) is 25.2 Å². The molecule has 0 heterocycles. The van der Waals surface area contributed by atoms with Crippen LogP contribution in [-0.2, 0) is 6.54 Å². The molecule has 7 heteroatoms. The first-order valence-electron chi connectivity index (χ1n) is 8.97. The molecule has 1 N–H and O–H groups in total. The van der Waals surface area contributed by atoms with Gasteiger partial charge in [0.15, 0.2) is 0 Å². The topological polar surface area (TPSA) is 85.1 Å². The predicted octanol–water partition coefficient (Wildman–Crippen LogP) is 3.01. The van der Waals surface area contributed by atoms with E-state index in [1.54, 1.807) is 19.2 Å². The van der Waals surface area contributed by atoms with Crippen LogP contribution in [0.3, 0.4) is 0 Å². The van der Waals surface area contributed by atoms with Gasteiger partial charge in [-0.05, 0) is 36.6 Å². The summed E-state index contributed by atoms with van der Waals surface area (Å²) in [6, 6.07) is 14.4. The van der Waals surface area contributed by atoms with E-state index in [0.29, 0.717) is 18.3 Å². The molecule has 2 aromatic rings. The molecule has 1 fully saturated rings. The van der Waals surface area contributed by atoms with Gasteiger partial charge in [0.1, 0.15) is 24.2 Å². The minimum absolute atomic E-state index is 0.0268. The Labute approximate surface area is 158 Å². The number of nitro benzene ring substituents is 1. The second-order valence-corrected chi connectivity index (χ2v) is 6.73. The van der Waals surface area contributed by atoms with Crippen molar-refractivity contribution >= 4 is 5.69 Å². The van der Waals surface area contributed by atoms with Gasteiger partial charge in [0.25, 0.3) is 5.69 Å². The van der Waals surface area contributed by atoms with Gasteiger partial charge in [-0.15, -0.1) is 0 Å². The Morgan fingerprint density at radius 3 is 2.59 bits per heavy atom. The molecule has 0 bridgehead atoms. The summed E-state index contributed by atoms with van der Waals surface area (Å²) in [4.78, 5) is 12.6. The van der Waals surface area contributed by atoms with Gasteiger partial charge < -0.3 is 14.6 Å². The van der Waals surface area contributed by atoms with Gasteiger partial charge in [-0.2, -0.15) is 0 Å². The van der Waals surface area contributed by atoms with E-state index in [1.807, 2.05) is 24.3 Å². The second kappa shape index (κ2) is 8.83. The molecule has 1 unspecified atom stereocenters. The molecule has 27 heavy (non-hydrogen) atoms. The van der Waals surface area contributed by atoms with Crippen molar-refractivity contribution in [1.82, 2.24) is 4.90 Å². The molecule has 0 spiro atoms. The summed E-state index contributed by atoms with van der Waals surface area (Å²) < 4.78 is 10.7. The van der Waals surface area contributed by atoms with Crippen LogP contribution < -0.4 is 9.47 Å². The number of ether oxygens (including phenoxy) is 2. The van der Waals surface area contributed by atoms with Gasteiger partial charge in [-0.25, -0.2) is 0 Å². The van der Waals surface area contributed by atoms with Crippen molar-refractivity contribution in [2.45, 2.75) is 31.5 Å². The molecule has 0 radical (unpaired) electrons. The van der Waals surface area contributed by atoms with Crippen molar-refractivity contribution in [1.29, 1.82) is 0 Å². The van der Waals surface area contributed by atoms with Crippen LogP contribution in [0.25, 0.3) is 0 Å². The van der Waals surface area contributed by atoms with E-state index in [-0.39, 0.29) is 12.3 Å². The maximum atomic E-state index is 10.8. The average Bonchev–Trinajstić information content (AvgIpc) is 3.52. The quantitative estimate of drug-likeness (QED) is 0.510. The summed E-state index contributed by atoms with van der Waals surface area (Å²) in [7, 11) is 1.64. The van der Waals surface area contributed by atoms with Crippen LogP contribution in [0.2, 0.25) is 0 Å². The summed E-state index contributed by atoms with van der Waals surface area (Å²) >= 11 is 0. The lowest BCUT2D eigenvalue weighted by atomic mass is 10.2. The van der Waals surface area contributed by atoms with Crippen LogP contribution in [0.15, 0.2) is 48.5 Å². The number of benzene rings is 2. The predicted molar refractivity (Wildman–Crippen MR) is 101 cm³/mol. The first kappa shape index (κ1) is 19.1. The van der Waals surface area contributed by atoms with E-state index in [4.69, 9.17) is 9.47 Å². The van der Waals surface area contributed by atoms with Gasteiger partial charge in [0.2, 0.25) is 0 Å². The van der Waals surface area contributed by atoms with Crippen molar-refractivity contribution in [2.24, 2.45) is 0 Å². The summed E-state index contributed by atoms with van der Waals surface area (Å²) in [6.07, 6.45) is 1.59. The zero-order chi connectivity index (χ0) is 19.2. The van der Waals surface area contributed by atoms with Crippen LogP contribution in [0.5, 0.6) is 11.5 Å². The van der Waals surface area contributed by atoms with E-state index in [0.717, 1.165) is 30.7 Å². The average molecular weight is 372 g/mol. The maximum Gasteiger partial charge on any atom is 0.273 e. The lowest BCUT2D eigenvalue weighted by Crippen LogP contribution is -2.36. The normalized spacial score (nSPS) is 14.8. The molecule has 1 atom stereocenters. The number of aliphatic hydroxyl groups excluding tert-OH is 1. The lowest BCUT2D eigenvalue weighted by Gasteiger charge is -2.25. The monoisotopic (exact) mass is 372 g/mol. The summed E-state index contributed by atoms with van der Waals surface area (Å²) in [6.45, 7) is 1.33. The van der Waals surface area contributed by atoms with E-state index >= 15 is 0 Å². The molecule has 144 valence electrons. The summed E-state index contributed by atoms with van der Waals surface area (Å²) in [5.41, 5.74) is 1.13. The summed E-state index contributed by atoms with van der Waals surface area (Å²) in [5, 5.41) is 21.2. The smallest absolute Gasteiger partial charge is 0.273 e. The third kappa shape index (κ3) is 5.67. The first-order chi connectivity index (χ1) is 13.0. The van der Waals surface area contributed by atoms with Crippen LogP contribution in [0.1, 0.15) is 18.4 Å². The largest absolute Gasteiger partial charge is 0.497 e. The first-order valence-corrected chi connectivity index (χ1v) is 8.97. The van der Waals surface area contributed by atoms with E-state index in [2.05, 4.69) is 4.90 Å². The molecule has 2 aromatic carbocycles. The van der Waals surface area contributed by atoms with Crippen LogP contribution in [0, 0.1) is 10.1 Å². The molecular formula is C20H24N2O5. The number of nitrogens with zero attached hydrogens (tertiary/aromatic N) is 2. The van der Waals surface area contributed by atoms with Crippen molar-refractivity contribution in [3.05, 3.63) is 64.2 Å². The van der Waals surface area contributed by atoms with E-state index < -0.39 is 11.0 Å². The highest BCUT2D eigenvalue weighted by Crippen LogP contribution is 2.29. The van der Waals surface area contributed by atoms with Gasteiger partial charge in [0.05, 0.1) is 18.1 Å². The highest BCUT2D eigenvalue weighted by Gasteiger charge is 2.30. The Balaban J connectivity index is 1.53. The maximum absolute atomic E-state index is 10.8. The van der Waals surface area contributed by atoms with Crippen LogP contribution in [0.4, 0.5) is 5.69 Å². The SMILES string of the molecule is COc1ccc(CN(CC(O)COc2cccc([N+](=O)[O-])c2)C2CC2)cc1. The molecule has 0 aromatic heterocycles. The molecule has 1 aliphatic carbocycles. The van der Waals surface area contributed by atoms with Crippen molar-refractivity contribution in [2.75, 3.05) is 20.3 Å². The highest BCUT2D eigenvalue weighted by atomic mass is 16.6. The van der Waals surface area contributed by atoms with Crippen molar-refractivity contribution in [3.63, 3.8) is 0 Å².